The SMILES string of the molecule is COCC(CNC(C)C)N1CCC[C@H]2CCCC[C@H]21. The highest BCUT2D eigenvalue weighted by atomic mass is 16.5. The van der Waals surface area contributed by atoms with Gasteiger partial charge in [0.05, 0.1) is 6.61 Å². The lowest BCUT2D eigenvalue weighted by molar-refractivity contribution is -0.00355. The molecule has 0 amide bonds. The molecule has 2 aliphatic rings. The summed E-state index contributed by atoms with van der Waals surface area (Å²) in [6.45, 7) is 7.65. The van der Waals surface area contributed by atoms with Crippen LogP contribution in [0.25, 0.3) is 0 Å². The number of ether oxygens (including phenoxy) is 1. The van der Waals surface area contributed by atoms with Gasteiger partial charge < -0.3 is 10.1 Å². The summed E-state index contributed by atoms with van der Waals surface area (Å²) in [5.74, 6) is 0.959. The number of fused-ring (bicyclic) bond motifs is 1. The molecular formula is C16H32N2O. The second-order valence-corrected chi connectivity index (χ2v) is 6.66. The maximum atomic E-state index is 5.49. The third-order valence-corrected chi connectivity index (χ3v) is 4.88. The van der Waals surface area contributed by atoms with Gasteiger partial charge >= 0.3 is 0 Å². The van der Waals surface area contributed by atoms with Crippen LogP contribution in [0.4, 0.5) is 0 Å². The Balaban J connectivity index is 1.97. The minimum Gasteiger partial charge on any atom is -0.383 e. The van der Waals surface area contributed by atoms with Gasteiger partial charge in [0, 0.05) is 31.8 Å². The first-order chi connectivity index (χ1) is 9.22. The van der Waals surface area contributed by atoms with Gasteiger partial charge in [0.25, 0.3) is 0 Å². The van der Waals surface area contributed by atoms with Gasteiger partial charge in [-0.2, -0.15) is 0 Å². The lowest BCUT2D eigenvalue weighted by Crippen LogP contribution is -2.56. The van der Waals surface area contributed by atoms with Crippen LogP contribution in [0.1, 0.15) is 52.4 Å². The summed E-state index contributed by atoms with van der Waals surface area (Å²) in [7, 11) is 1.84. The molecule has 0 bridgehead atoms. The van der Waals surface area contributed by atoms with Gasteiger partial charge in [0.2, 0.25) is 0 Å². The van der Waals surface area contributed by atoms with Gasteiger partial charge in [-0.1, -0.05) is 26.7 Å². The maximum absolute atomic E-state index is 5.49. The summed E-state index contributed by atoms with van der Waals surface area (Å²) < 4.78 is 5.49. The molecule has 0 spiro atoms. The van der Waals surface area contributed by atoms with E-state index in [4.69, 9.17) is 4.74 Å². The van der Waals surface area contributed by atoms with Crippen molar-refractivity contribution in [3.05, 3.63) is 0 Å². The molecule has 0 aromatic heterocycles. The first-order valence-electron chi connectivity index (χ1n) is 8.20. The second-order valence-electron chi connectivity index (χ2n) is 6.66. The molecule has 1 N–H and O–H groups in total. The lowest BCUT2D eigenvalue weighted by atomic mass is 9.77. The van der Waals surface area contributed by atoms with Crippen LogP contribution in [0.2, 0.25) is 0 Å². The van der Waals surface area contributed by atoms with E-state index in [-0.39, 0.29) is 0 Å². The zero-order valence-electron chi connectivity index (χ0n) is 13.0. The summed E-state index contributed by atoms with van der Waals surface area (Å²) >= 11 is 0. The van der Waals surface area contributed by atoms with Crippen LogP contribution < -0.4 is 5.32 Å². The minimum absolute atomic E-state index is 0.554. The topological polar surface area (TPSA) is 24.5 Å². The molecule has 3 nitrogen and oxygen atoms in total. The van der Waals surface area contributed by atoms with Crippen LogP contribution in [-0.4, -0.2) is 49.8 Å². The van der Waals surface area contributed by atoms with Gasteiger partial charge in [-0.15, -0.1) is 0 Å². The Morgan fingerprint density at radius 1 is 1.16 bits per heavy atom. The average Bonchev–Trinajstić information content (AvgIpc) is 2.43. The van der Waals surface area contributed by atoms with Crippen LogP contribution in [0.5, 0.6) is 0 Å². The van der Waals surface area contributed by atoms with Crippen LogP contribution in [0.3, 0.4) is 0 Å². The van der Waals surface area contributed by atoms with Crippen LogP contribution in [0.15, 0.2) is 0 Å². The molecule has 0 radical (unpaired) electrons. The van der Waals surface area contributed by atoms with E-state index in [2.05, 4.69) is 24.1 Å². The fourth-order valence-corrected chi connectivity index (χ4v) is 3.95. The predicted molar refractivity (Wildman–Crippen MR) is 80.5 cm³/mol. The number of methoxy groups -OCH3 is 1. The van der Waals surface area contributed by atoms with Crippen molar-refractivity contribution >= 4 is 0 Å². The molecule has 1 saturated heterocycles. The third-order valence-electron chi connectivity index (χ3n) is 4.88. The lowest BCUT2D eigenvalue weighted by Gasteiger charge is -2.47. The molecule has 3 heteroatoms. The predicted octanol–water partition coefficient (Wildman–Crippen LogP) is 2.65. The Bertz CT molecular complexity index is 255. The van der Waals surface area contributed by atoms with E-state index in [0.717, 1.165) is 25.1 Å². The number of hydrogen-bond acceptors (Lipinski definition) is 3. The normalized spacial score (nSPS) is 30.3. The zero-order valence-corrected chi connectivity index (χ0v) is 13.0. The summed E-state index contributed by atoms with van der Waals surface area (Å²) in [5.41, 5.74) is 0. The summed E-state index contributed by atoms with van der Waals surface area (Å²) in [6.07, 6.45) is 8.58. The monoisotopic (exact) mass is 268 g/mol. The molecule has 19 heavy (non-hydrogen) atoms. The number of likely N-dealkylation sites (tertiary alicyclic amines) is 1. The highest BCUT2D eigenvalue weighted by molar-refractivity contribution is 4.91. The van der Waals surface area contributed by atoms with Gasteiger partial charge in [-0.25, -0.2) is 0 Å². The second kappa shape index (κ2) is 7.61. The number of hydrogen-bond donors (Lipinski definition) is 1. The third kappa shape index (κ3) is 4.17. The quantitative estimate of drug-likeness (QED) is 0.801. The molecule has 1 heterocycles. The molecule has 1 unspecified atom stereocenters. The molecule has 112 valence electrons. The molecule has 1 aliphatic carbocycles. The van der Waals surface area contributed by atoms with E-state index in [1.54, 1.807) is 0 Å². The van der Waals surface area contributed by atoms with Gasteiger partial charge in [0.15, 0.2) is 0 Å². The fourth-order valence-electron chi connectivity index (χ4n) is 3.95. The van der Waals surface area contributed by atoms with Crippen molar-refractivity contribution in [3.8, 4) is 0 Å². The van der Waals surface area contributed by atoms with Crippen molar-refractivity contribution < 1.29 is 4.74 Å². The molecule has 2 fully saturated rings. The smallest absolute Gasteiger partial charge is 0.0630 e. The highest BCUT2D eigenvalue weighted by Gasteiger charge is 2.36. The first kappa shape index (κ1) is 15.3. The Labute approximate surface area is 119 Å². The summed E-state index contributed by atoms with van der Waals surface area (Å²) in [5, 5.41) is 3.60. The van der Waals surface area contributed by atoms with Gasteiger partial charge in [0.1, 0.15) is 0 Å². The number of rotatable bonds is 6. The van der Waals surface area contributed by atoms with Crippen molar-refractivity contribution in [1.29, 1.82) is 0 Å². The molecule has 1 aliphatic heterocycles. The van der Waals surface area contributed by atoms with E-state index < -0.39 is 0 Å². The van der Waals surface area contributed by atoms with Crippen molar-refractivity contribution in [2.24, 2.45) is 5.92 Å². The van der Waals surface area contributed by atoms with Crippen molar-refractivity contribution in [3.63, 3.8) is 0 Å². The van der Waals surface area contributed by atoms with E-state index in [0.29, 0.717) is 12.1 Å². The largest absolute Gasteiger partial charge is 0.383 e. The molecule has 3 atom stereocenters. The van der Waals surface area contributed by atoms with Crippen molar-refractivity contribution in [2.45, 2.75) is 70.5 Å². The summed E-state index contributed by atoms with van der Waals surface area (Å²) in [6, 6.07) is 1.95. The maximum Gasteiger partial charge on any atom is 0.0630 e. The van der Waals surface area contributed by atoms with Crippen LogP contribution in [0, 0.1) is 5.92 Å². The Hall–Kier alpha value is -0.120. The fraction of sp³-hybridized carbons (Fsp3) is 1.00. The van der Waals surface area contributed by atoms with E-state index in [1.165, 1.54) is 45.1 Å². The first-order valence-corrected chi connectivity index (χ1v) is 8.20. The molecule has 2 rings (SSSR count). The Morgan fingerprint density at radius 2 is 1.89 bits per heavy atom. The molecule has 1 saturated carbocycles. The summed E-state index contributed by atoms with van der Waals surface area (Å²) in [4.78, 5) is 2.77. The van der Waals surface area contributed by atoms with E-state index in [1.807, 2.05) is 7.11 Å². The van der Waals surface area contributed by atoms with Crippen molar-refractivity contribution in [2.75, 3.05) is 26.8 Å². The molecule has 0 aromatic carbocycles. The highest BCUT2D eigenvalue weighted by Crippen LogP contribution is 2.36. The van der Waals surface area contributed by atoms with Crippen LogP contribution >= 0.6 is 0 Å². The number of piperidine rings is 1. The van der Waals surface area contributed by atoms with E-state index >= 15 is 0 Å². The number of nitrogens with zero attached hydrogens (tertiary/aromatic N) is 1. The van der Waals surface area contributed by atoms with Crippen LogP contribution in [-0.2, 0) is 4.74 Å². The van der Waals surface area contributed by atoms with E-state index in [9.17, 15) is 0 Å². The zero-order chi connectivity index (χ0) is 13.7. The molecule has 0 aromatic rings. The van der Waals surface area contributed by atoms with Crippen molar-refractivity contribution in [1.82, 2.24) is 10.2 Å². The standard InChI is InChI=1S/C16H32N2O/c1-13(2)17-11-15(12-19-3)18-10-6-8-14-7-4-5-9-16(14)18/h13-17H,4-12H2,1-3H3/t14-,15?,16-/m1/s1. The Morgan fingerprint density at radius 3 is 2.63 bits per heavy atom. The average molecular weight is 268 g/mol. The number of nitrogens with one attached hydrogen (secondary N) is 1. The molecular weight excluding hydrogens is 236 g/mol. The van der Waals surface area contributed by atoms with Gasteiger partial charge in [-0.3, -0.25) is 4.90 Å². The Kier molecular flexibility index (Phi) is 6.11. The van der Waals surface area contributed by atoms with Gasteiger partial charge in [-0.05, 0) is 38.1 Å². The minimum atomic E-state index is 0.554.